The fourth-order valence-corrected chi connectivity index (χ4v) is 1.98. The van der Waals surface area contributed by atoms with E-state index in [1.54, 1.807) is 27.7 Å². The van der Waals surface area contributed by atoms with Crippen LogP contribution in [-0.2, 0) is 4.79 Å². The van der Waals surface area contributed by atoms with E-state index < -0.39 is 16.9 Å². The van der Waals surface area contributed by atoms with Crippen molar-refractivity contribution in [1.29, 1.82) is 0 Å². The molecule has 6 nitrogen and oxygen atoms in total. The smallest absolute Gasteiger partial charge is 0.315 e. The minimum Gasteiger partial charge on any atom is -0.481 e. The van der Waals surface area contributed by atoms with E-state index >= 15 is 0 Å². The number of likely N-dealkylation sites (N-methyl/N-ethyl adjacent to an activating group) is 1. The highest BCUT2D eigenvalue weighted by molar-refractivity contribution is 5.79. The quantitative estimate of drug-likeness (QED) is 0.668. The average Bonchev–Trinajstić information content (AvgIpc) is 3.18. The zero-order valence-electron chi connectivity index (χ0n) is 14.0. The maximum absolute atomic E-state index is 12.0. The van der Waals surface area contributed by atoms with E-state index in [9.17, 15) is 14.7 Å². The number of carbonyl (C=O) groups is 2. The third kappa shape index (κ3) is 4.33. The number of hydrogen-bond donors (Lipinski definition) is 3. The van der Waals surface area contributed by atoms with E-state index in [2.05, 4.69) is 29.5 Å². The van der Waals surface area contributed by atoms with E-state index in [-0.39, 0.29) is 12.1 Å². The first-order chi connectivity index (χ1) is 9.49. The van der Waals surface area contributed by atoms with Crippen molar-refractivity contribution in [2.75, 3.05) is 13.6 Å². The van der Waals surface area contributed by atoms with E-state index in [0.717, 1.165) is 0 Å². The van der Waals surface area contributed by atoms with Crippen LogP contribution in [0.1, 0.15) is 47.5 Å². The van der Waals surface area contributed by atoms with Gasteiger partial charge in [-0.2, -0.15) is 0 Å². The summed E-state index contributed by atoms with van der Waals surface area (Å²) in [5, 5.41) is 14.9. The van der Waals surface area contributed by atoms with Crippen molar-refractivity contribution in [3.05, 3.63) is 0 Å². The van der Waals surface area contributed by atoms with Crippen LogP contribution in [0, 0.1) is 5.41 Å². The molecular formula is C15H29N3O3. The van der Waals surface area contributed by atoms with Crippen molar-refractivity contribution in [2.45, 2.75) is 65.1 Å². The van der Waals surface area contributed by atoms with E-state index in [0.29, 0.717) is 12.6 Å². The lowest BCUT2D eigenvalue weighted by Crippen LogP contribution is -2.59. The molecule has 122 valence electrons. The fourth-order valence-electron chi connectivity index (χ4n) is 1.98. The number of aliphatic carboxylic acids is 1. The van der Waals surface area contributed by atoms with Gasteiger partial charge in [0.1, 0.15) is 0 Å². The number of amides is 2. The number of carbonyl (C=O) groups excluding carboxylic acids is 1. The maximum Gasteiger partial charge on any atom is 0.315 e. The van der Waals surface area contributed by atoms with Crippen LogP contribution in [0.4, 0.5) is 4.79 Å². The Bertz CT molecular complexity index is 403. The lowest BCUT2D eigenvalue weighted by atomic mass is 9.74. The Kier molecular flexibility index (Phi) is 5.25. The van der Waals surface area contributed by atoms with Gasteiger partial charge in [-0.05, 0) is 54.5 Å². The molecule has 2 amide bonds. The van der Waals surface area contributed by atoms with Crippen LogP contribution in [-0.4, -0.2) is 53.2 Å². The Morgan fingerprint density at radius 2 is 1.81 bits per heavy atom. The van der Waals surface area contributed by atoms with Crippen LogP contribution in [0.2, 0.25) is 0 Å². The monoisotopic (exact) mass is 299 g/mol. The largest absolute Gasteiger partial charge is 0.481 e. The number of hydrogen-bond acceptors (Lipinski definition) is 3. The Morgan fingerprint density at radius 3 is 2.24 bits per heavy atom. The second-order valence-corrected chi connectivity index (χ2v) is 7.14. The second kappa shape index (κ2) is 6.22. The van der Waals surface area contributed by atoms with Crippen LogP contribution < -0.4 is 10.6 Å². The van der Waals surface area contributed by atoms with Crippen LogP contribution in [0.3, 0.4) is 0 Å². The Morgan fingerprint density at radius 1 is 1.29 bits per heavy atom. The number of carboxylic acid groups (broad SMARTS) is 1. The highest BCUT2D eigenvalue weighted by Gasteiger charge is 2.44. The summed E-state index contributed by atoms with van der Waals surface area (Å²) in [5.74, 6) is -0.936. The van der Waals surface area contributed by atoms with Gasteiger partial charge in [-0.15, -0.1) is 0 Å². The van der Waals surface area contributed by atoms with E-state index in [4.69, 9.17) is 0 Å². The molecule has 0 radical (unpaired) electrons. The number of nitrogens with zero attached hydrogens (tertiary/aromatic N) is 1. The molecule has 1 fully saturated rings. The van der Waals surface area contributed by atoms with Crippen molar-refractivity contribution in [1.82, 2.24) is 15.5 Å². The van der Waals surface area contributed by atoms with Gasteiger partial charge in [0.15, 0.2) is 0 Å². The topological polar surface area (TPSA) is 81.7 Å². The molecule has 0 heterocycles. The van der Waals surface area contributed by atoms with Crippen LogP contribution in [0.15, 0.2) is 0 Å². The summed E-state index contributed by atoms with van der Waals surface area (Å²) in [6.45, 7) is 9.28. The highest BCUT2D eigenvalue weighted by atomic mass is 16.4. The van der Waals surface area contributed by atoms with E-state index in [1.807, 2.05) is 0 Å². The van der Waals surface area contributed by atoms with Gasteiger partial charge in [-0.1, -0.05) is 0 Å². The molecule has 0 aromatic carbocycles. The number of carboxylic acids is 1. The summed E-state index contributed by atoms with van der Waals surface area (Å²) in [4.78, 5) is 25.6. The predicted molar refractivity (Wildman–Crippen MR) is 82.3 cm³/mol. The summed E-state index contributed by atoms with van der Waals surface area (Å²) >= 11 is 0. The molecule has 1 rings (SSSR count). The molecule has 21 heavy (non-hydrogen) atoms. The van der Waals surface area contributed by atoms with Crippen molar-refractivity contribution >= 4 is 12.0 Å². The van der Waals surface area contributed by atoms with Gasteiger partial charge in [-0.25, -0.2) is 4.79 Å². The zero-order chi connectivity index (χ0) is 16.4. The molecule has 0 aromatic rings. The van der Waals surface area contributed by atoms with Crippen molar-refractivity contribution in [3.8, 4) is 0 Å². The number of rotatable bonds is 7. The van der Waals surface area contributed by atoms with Gasteiger partial charge in [-0.3, -0.25) is 9.69 Å². The summed E-state index contributed by atoms with van der Waals surface area (Å²) in [6.07, 6.45) is 2.46. The van der Waals surface area contributed by atoms with Gasteiger partial charge in [0.05, 0.1) is 11.0 Å². The molecule has 3 N–H and O–H groups in total. The summed E-state index contributed by atoms with van der Waals surface area (Å²) in [7, 11) is 2.07. The Balaban J connectivity index is 2.47. The predicted octanol–water partition coefficient (Wildman–Crippen LogP) is 1.66. The van der Waals surface area contributed by atoms with Crippen LogP contribution in [0.25, 0.3) is 0 Å². The molecule has 0 spiro atoms. The highest BCUT2D eigenvalue weighted by Crippen LogP contribution is 2.30. The molecule has 1 saturated carbocycles. The molecule has 0 bridgehead atoms. The molecule has 0 aliphatic heterocycles. The lowest BCUT2D eigenvalue weighted by Gasteiger charge is -2.38. The van der Waals surface area contributed by atoms with Crippen LogP contribution >= 0.6 is 0 Å². The molecule has 1 atom stereocenters. The fraction of sp³-hybridized carbons (Fsp3) is 0.867. The van der Waals surface area contributed by atoms with E-state index in [1.165, 1.54) is 12.8 Å². The normalized spacial score (nSPS) is 17.5. The van der Waals surface area contributed by atoms with Gasteiger partial charge in [0.2, 0.25) is 0 Å². The van der Waals surface area contributed by atoms with Crippen molar-refractivity contribution < 1.29 is 14.7 Å². The molecular weight excluding hydrogens is 270 g/mol. The second-order valence-electron chi connectivity index (χ2n) is 7.14. The van der Waals surface area contributed by atoms with Gasteiger partial charge in [0.25, 0.3) is 0 Å². The Labute approximate surface area is 127 Å². The number of nitrogens with one attached hydrogen (secondary N) is 2. The third-order valence-corrected chi connectivity index (χ3v) is 4.90. The first kappa shape index (κ1) is 17.8. The Hall–Kier alpha value is -1.30. The van der Waals surface area contributed by atoms with Gasteiger partial charge in [0, 0.05) is 18.6 Å². The molecule has 1 aliphatic rings. The minimum atomic E-state index is -1.05. The van der Waals surface area contributed by atoms with Crippen LogP contribution in [0.5, 0.6) is 0 Å². The molecule has 6 heteroatoms. The SMILES string of the molecule is CC(CNC(=O)NC(C)(C)C(C)(C)C(=O)O)N(C)C1CC1. The maximum atomic E-state index is 12.0. The molecule has 1 aliphatic carbocycles. The average molecular weight is 299 g/mol. The van der Waals surface area contributed by atoms with Crippen molar-refractivity contribution in [2.24, 2.45) is 5.41 Å². The van der Waals surface area contributed by atoms with Gasteiger partial charge < -0.3 is 15.7 Å². The summed E-state index contributed by atoms with van der Waals surface area (Å²) in [5.41, 5.74) is -1.91. The minimum absolute atomic E-state index is 0.263. The standard InChI is InChI=1S/C15H29N3O3/c1-10(18(6)11-7-8-11)9-16-13(21)17-15(4,5)14(2,3)12(19)20/h10-11H,7-9H2,1-6H3,(H,19,20)(H2,16,17,21). The first-order valence-electron chi connectivity index (χ1n) is 7.50. The lowest BCUT2D eigenvalue weighted by molar-refractivity contribution is -0.150. The van der Waals surface area contributed by atoms with Crippen molar-refractivity contribution in [3.63, 3.8) is 0 Å². The van der Waals surface area contributed by atoms with Gasteiger partial charge >= 0.3 is 12.0 Å². The first-order valence-corrected chi connectivity index (χ1v) is 7.50. The summed E-state index contributed by atoms with van der Waals surface area (Å²) in [6, 6.07) is 0.580. The summed E-state index contributed by atoms with van der Waals surface area (Å²) < 4.78 is 0. The zero-order valence-corrected chi connectivity index (χ0v) is 14.0. The third-order valence-electron chi connectivity index (χ3n) is 4.90. The molecule has 0 saturated heterocycles. The molecule has 0 aromatic heterocycles. The molecule has 1 unspecified atom stereocenters. The number of urea groups is 1.